The quantitative estimate of drug-likeness (QED) is 0.213. The van der Waals surface area contributed by atoms with Crippen molar-refractivity contribution in [2.45, 2.75) is 32.8 Å². The van der Waals surface area contributed by atoms with E-state index in [0.29, 0.717) is 5.92 Å². The fourth-order valence-electron chi connectivity index (χ4n) is 2.70. The fourth-order valence-corrected chi connectivity index (χ4v) is 3.65. The lowest BCUT2D eigenvalue weighted by molar-refractivity contribution is -0.136. The molecule has 1 aromatic heterocycles. The summed E-state index contributed by atoms with van der Waals surface area (Å²) in [5.74, 6) is 2.08. The van der Waals surface area contributed by atoms with Gasteiger partial charge >= 0.3 is 18.0 Å². The van der Waals surface area contributed by atoms with Gasteiger partial charge in [-0.15, -0.1) is 0 Å². The Morgan fingerprint density at radius 1 is 1.06 bits per heavy atom. The average molecular weight is 559 g/mol. The number of fused-ring (bicyclic) bond motifs is 2. The SMILES string of the molecule is CC(C)(C)OC(=O)n1cccc1.COC(=O)C#CBr.COC(=O)C1=C(Br)C2C=CC1C2. The molecular formula is C22H25Br2NO6. The number of aromatic nitrogens is 1. The third-order valence-corrected chi connectivity index (χ3v) is 5.20. The summed E-state index contributed by atoms with van der Waals surface area (Å²) in [5, 5.41) is 0. The molecule has 31 heavy (non-hydrogen) atoms. The summed E-state index contributed by atoms with van der Waals surface area (Å²) in [6.45, 7) is 5.52. The van der Waals surface area contributed by atoms with Crippen LogP contribution in [0.15, 0.2) is 46.7 Å². The van der Waals surface area contributed by atoms with E-state index in [9.17, 15) is 14.4 Å². The summed E-state index contributed by atoms with van der Waals surface area (Å²) in [7, 11) is 2.70. The highest BCUT2D eigenvalue weighted by atomic mass is 79.9. The molecule has 9 heteroatoms. The molecule has 0 radical (unpaired) electrons. The van der Waals surface area contributed by atoms with E-state index in [1.54, 1.807) is 24.5 Å². The van der Waals surface area contributed by atoms with Gasteiger partial charge in [0.2, 0.25) is 0 Å². The second kappa shape index (κ2) is 12.5. The number of carbonyl (C=O) groups is 3. The molecule has 2 aliphatic carbocycles. The molecule has 2 bridgehead atoms. The van der Waals surface area contributed by atoms with E-state index in [1.807, 2.05) is 20.8 Å². The first-order valence-electron chi connectivity index (χ1n) is 9.26. The molecule has 2 atom stereocenters. The summed E-state index contributed by atoms with van der Waals surface area (Å²) < 4.78 is 16.4. The minimum Gasteiger partial charge on any atom is -0.466 e. The van der Waals surface area contributed by atoms with Crippen LogP contribution in [0.1, 0.15) is 27.2 Å². The maximum Gasteiger partial charge on any atom is 0.418 e. The van der Waals surface area contributed by atoms with Crippen LogP contribution in [-0.4, -0.2) is 42.4 Å². The average Bonchev–Trinajstić information content (AvgIpc) is 3.45. The molecule has 0 N–H and O–H groups in total. The van der Waals surface area contributed by atoms with Gasteiger partial charge in [0.1, 0.15) is 5.60 Å². The number of hydrogen-bond acceptors (Lipinski definition) is 6. The zero-order valence-corrected chi connectivity index (χ0v) is 21.2. The summed E-state index contributed by atoms with van der Waals surface area (Å²) in [6.07, 6.45) is 8.24. The molecule has 0 amide bonds. The molecule has 1 heterocycles. The topological polar surface area (TPSA) is 83.8 Å². The van der Waals surface area contributed by atoms with Crippen LogP contribution in [0.5, 0.6) is 0 Å². The highest BCUT2D eigenvalue weighted by molar-refractivity contribution is 9.12. The molecule has 2 unspecified atom stereocenters. The molecule has 168 valence electrons. The smallest absolute Gasteiger partial charge is 0.418 e. The van der Waals surface area contributed by atoms with Crippen molar-refractivity contribution < 1.29 is 28.6 Å². The minimum atomic E-state index is -0.531. The Morgan fingerprint density at radius 2 is 1.65 bits per heavy atom. The molecule has 0 aliphatic heterocycles. The van der Waals surface area contributed by atoms with Crippen molar-refractivity contribution in [3.05, 3.63) is 46.7 Å². The fraction of sp³-hybridized carbons (Fsp3) is 0.409. The van der Waals surface area contributed by atoms with Crippen molar-refractivity contribution in [2.24, 2.45) is 11.8 Å². The van der Waals surface area contributed by atoms with Crippen molar-refractivity contribution in [1.29, 1.82) is 0 Å². The van der Waals surface area contributed by atoms with Crippen molar-refractivity contribution >= 4 is 49.9 Å². The van der Waals surface area contributed by atoms with E-state index >= 15 is 0 Å². The van der Waals surface area contributed by atoms with E-state index < -0.39 is 11.6 Å². The van der Waals surface area contributed by atoms with Crippen LogP contribution in [-0.2, 0) is 23.8 Å². The number of rotatable bonds is 1. The second-order valence-corrected chi connectivity index (χ2v) is 8.62. The highest BCUT2D eigenvalue weighted by Gasteiger charge is 2.37. The van der Waals surface area contributed by atoms with Gasteiger partial charge in [-0.2, -0.15) is 0 Å². The van der Waals surface area contributed by atoms with Gasteiger partial charge in [-0.3, -0.25) is 4.57 Å². The van der Waals surface area contributed by atoms with Gasteiger partial charge in [0, 0.05) is 50.6 Å². The highest BCUT2D eigenvalue weighted by Crippen LogP contribution is 2.46. The number of halogens is 2. The molecule has 0 saturated carbocycles. The van der Waals surface area contributed by atoms with Crippen LogP contribution in [0.4, 0.5) is 4.79 Å². The van der Waals surface area contributed by atoms with Crippen molar-refractivity contribution in [3.63, 3.8) is 0 Å². The molecule has 0 fully saturated rings. The van der Waals surface area contributed by atoms with Crippen LogP contribution >= 0.6 is 31.9 Å². The second-order valence-electron chi connectivity index (χ2n) is 7.37. The Kier molecular flexibility index (Phi) is 10.8. The van der Waals surface area contributed by atoms with Crippen LogP contribution in [0.2, 0.25) is 0 Å². The number of ether oxygens (including phenoxy) is 3. The Bertz CT molecular complexity index is 901. The maximum atomic E-state index is 11.3. The normalized spacial score (nSPS) is 17.9. The molecule has 7 nitrogen and oxygen atoms in total. The first-order chi connectivity index (χ1) is 14.5. The van der Waals surface area contributed by atoms with Crippen LogP contribution < -0.4 is 0 Å². The van der Waals surface area contributed by atoms with E-state index in [4.69, 9.17) is 9.47 Å². The largest absolute Gasteiger partial charge is 0.466 e. The van der Waals surface area contributed by atoms with Gasteiger partial charge < -0.3 is 14.2 Å². The van der Waals surface area contributed by atoms with Crippen molar-refractivity contribution in [3.8, 4) is 10.8 Å². The van der Waals surface area contributed by atoms with Gasteiger partial charge in [-0.05, 0) is 44.2 Å². The minimum absolute atomic E-state index is 0.196. The zero-order chi connectivity index (χ0) is 23.6. The third kappa shape index (κ3) is 8.75. The monoisotopic (exact) mass is 557 g/mol. The summed E-state index contributed by atoms with van der Waals surface area (Å²) in [6, 6.07) is 3.56. The Morgan fingerprint density at radius 3 is 2.03 bits per heavy atom. The predicted molar refractivity (Wildman–Crippen MR) is 123 cm³/mol. The Hall–Kier alpha value is -2.31. The van der Waals surface area contributed by atoms with E-state index in [-0.39, 0.29) is 18.0 Å². The molecule has 3 rings (SSSR count). The molecular weight excluding hydrogens is 534 g/mol. The third-order valence-electron chi connectivity index (χ3n) is 3.99. The van der Waals surface area contributed by atoms with E-state index in [0.717, 1.165) is 16.5 Å². The molecule has 0 spiro atoms. The zero-order valence-electron chi connectivity index (χ0n) is 18.0. The van der Waals surface area contributed by atoms with Crippen molar-refractivity contribution in [1.82, 2.24) is 4.57 Å². The Balaban J connectivity index is 0.000000243. The van der Waals surface area contributed by atoms with Crippen LogP contribution in [0.3, 0.4) is 0 Å². The lowest BCUT2D eigenvalue weighted by atomic mass is 10.0. The summed E-state index contributed by atoms with van der Waals surface area (Å²) in [4.78, 5) is 34.7. The number of hydrogen-bond donors (Lipinski definition) is 0. The lowest BCUT2D eigenvalue weighted by Crippen LogP contribution is -2.26. The van der Waals surface area contributed by atoms with E-state index in [2.05, 4.69) is 59.5 Å². The molecule has 0 aromatic carbocycles. The number of nitrogens with zero attached hydrogens (tertiary/aromatic N) is 1. The van der Waals surface area contributed by atoms with Crippen LogP contribution in [0, 0.1) is 22.6 Å². The maximum absolute atomic E-state index is 11.3. The van der Waals surface area contributed by atoms with Crippen LogP contribution in [0.25, 0.3) is 0 Å². The van der Waals surface area contributed by atoms with E-state index in [1.165, 1.54) is 18.8 Å². The summed E-state index contributed by atoms with van der Waals surface area (Å²) >= 11 is 6.16. The number of carbonyl (C=O) groups excluding carboxylic acids is 3. The van der Waals surface area contributed by atoms with Crippen molar-refractivity contribution in [2.75, 3.05) is 14.2 Å². The number of allylic oxidation sites excluding steroid dienone is 3. The predicted octanol–water partition coefficient (Wildman–Crippen LogP) is 4.80. The number of methoxy groups -OCH3 is 2. The number of esters is 2. The molecule has 1 aromatic rings. The summed E-state index contributed by atoms with van der Waals surface area (Å²) in [5.41, 5.74) is 0.381. The van der Waals surface area contributed by atoms with Gasteiger partial charge in [-0.1, -0.05) is 28.1 Å². The lowest BCUT2D eigenvalue weighted by Gasteiger charge is -2.19. The first-order valence-corrected chi connectivity index (χ1v) is 10.8. The molecule has 2 aliphatic rings. The molecule has 0 saturated heterocycles. The van der Waals surface area contributed by atoms with Gasteiger partial charge in [0.25, 0.3) is 0 Å². The standard InChI is InChI=1S/C9H9BrO2.C9H13NO2.C4H3BrO2/c1-12-9(11)7-5-2-3-6(4-5)8(7)10;1-9(2,3)12-8(11)10-6-4-5-7-10;1-7-4(6)2-3-5/h2-3,5-6H,4H2,1H3;4-7H,1-3H3;1H3. The van der Waals surface area contributed by atoms with Gasteiger partial charge in [0.15, 0.2) is 0 Å². The van der Waals surface area contributed by atoms with Gasteiger partial charge in [0.05, 0.1) is 19.8 Å². The van der Waals surface area contributed by atoms with Gasteiger partial charge in [-0.25, -0.2) is 14.4 Å². The first kappa shape index (κ1) is 26.7. The Labute approximate surface area is 199 Å².